The molecule has 0 aliphatic carbocycles. The third-order valence-electron chi connectivity index (χ3n) is 3.32. The van der Waals surface area contributed by atoms with Gasteiger partial charge in [0.15, 0.2) is 5.69 Å². The Hall–Kier alpha value is -2.15. The number of nitro benzene ring substituents is 1. The van der Waals surface area contributed by atoms with Crippen LogP contribution in [0.2, 0.25) is 0 Å². The fraction of sp³-hybridized carbons (Fsp3) is 0.417. The summed E-state index contributed by atoms with van der Waals surface area (Å²) in [5.41, 5.74) is -0.455. The van der Waals surface area contributed by atoms with Crippen LogP contribution in [-0.4, -0.2) is 29.0 Å². The number of nitro groups is 1. The fourth-order valence-corrected chi connectivity index (χ4v) is 2.19. The van der Waals surface area contributed by atoms with E-state index in [2.05, 4.69) is 10.6 Å². The van der Waals surface area contributed by atoms with Crippen molar-refractivity contribution in [3.05, 3.63) is 28.3 Å². The zero-order valence-electron chi connectivity index (χ0n) is 10.4. The summed E-state index contributed by atoms with van der Waals surface area (Å²) < 4.78 is 0. The van der Waals surface area contributed by atoms with Crippen molar-refractivity contribution in [2.24, 2.45) is 11.8 Å². The summed E-state index contributed by atoms with van der Waals surface area (Å²) in [6.07, 6.45) is 0. The Morgan fingerprint density at radius 1 is 1.53 bits per heavy atom. The van der Waals surface area contributed by atoms with E-state index in [1.807, 2.05) is 6.92 Å². The molecule has 2 atom stereocenters. The van der Waals surface area contributed by atoms with E-state index < -0.39 is 4.92 Å². The van der Waals surface area contributed by atoms with Crippen molar-refractivity contribution in [1.29, 1.82) is 0 Å². The monoisotopic (exact) mass is 265 g/mol. The molecule has 2 rings (SSSR count). The molecule has 102 valence electrons. The minimum Gasteiger partial charge on any atom is -0.505 e. The number of phenols is 1. The lowest BCUT2D eigenvalue weighted by molar-refractivity contribution is -0.384. The second-order valence-corrected chi connectivity index (χ2v) is 4.66. The first-order valence-corrected chi connectivity index (χ1v) is 5.98. The standard InChI is InChI=1S/C12H15N3O4/c1-7-5-13-6-8(7)12(17)14-11-9(15(18)19)3-2-4-10(11)16/h2-4,7-8,13,16H,5-6H2,1H3,(H,14,17)/t7-,8-/m1/s1. The molecule has 1 aromatic carbocycles. The van der Waals surface area contributed by atoms with Gasteiger partial charge in [0.1, 0.15) is 5.75 Å². The van der Waals surface area contributed by atoms with E-state index in [9.17, 15) is 20.0 Å². The van der Waals surface area contributed by atoms with Crippen LogP contribution in [0, 0.1) is 22.0 Å². The van der Waals surface area contributed by atoms with E-state index in [1.54, 1.807) is 0 Å². The third-order valence-corrected chi connectivity index (χ3v) is 3.32. The van der Waals surface area contributed by atoms with E-state index in [-0.39, 0.29) is 34.9 Å². The number of carbonyl (C=O) groups excluding carboxylic acids is 1. The molecule has 19 heavy (non-hydrogen) atoms. The second-order valence-electron chi connectivity index (χ2n) is 4.66. The summed E-state index contributed by atoms with van der Waals surface area (Å²) in [5.74, 6) is -0.715. The minimum atomic E-state index is -0.633. The number of amides is 1. The topological polar surface area (TPSA) is 104 Å². The summed E-state index contributed by atoms with van der Waals surface area (Å²) in [4.78, 5) is 22.3. The Kier molecular flexibility index (Phi) is 3.66. The molecule has 0 bridgehead atoms. The van der Waals surface area contributed by atoms with Crippen LogP contribution in [-0.2, 0) is 4.79 Å². The van der Waals surface area contributed by atoms with Gasteiger partial charge in [0.2, 0.25) is 5.91 Å². The number of aromatic hydroxyl groups is 1. The lowest BCUT2D eigenvalue weighted by atomic mass is 9.97. The molecule has 0 aromatic heterocycles. The van der Waals surface area contributed by atoms with Gasteiger partial charge in [0.05, 0.1) is 10.8 Å². The van der Waals surface area contributed by atoms with Gasteiger partial charge in [-0.15, -0.1) is 0 Å². The number of phenolic OH excluding ortho intramolecular Hbond substituents is 1. The molecule has 3 N–H and O–H groups in total. The first-order chi connectivity index (χ1) is 9.00. The molecule has 7 nitrogen and oxygen atoms in total. The van der Waals surface area contributed by atoms with Crippen LogP contribution >= 0.6 is 0 Å². The van der Waals surface area contributed by atoms with E-state index in [0.29, 0.717) is 6.54 Å². The lowest BCUT2D eigenvalue weighted by Gasteiger charge is -2.14. The normalized spacial score (nSPS) is 22.2. The van der Waals surface area contributed by atoms with Crippen LogP contribution in [0.4, 0.5) is 11.4 Å². The summed E-state index contributed by atoms with van der Waals surface area (Å²) in [5, 5.41) is 26.1. The van der Waals surface area contributed by atoms with Gasteiger partial charge in [0, 0.05) is 12.6 Å². The van der Waals surface area contributed by atoms with Gasteiger partial charge in [0.25, 0.3) is 5.69 Å². The molecular weight excluding hydrogens is 250 g/mol. The van der Waals surface area contributed by atoms with Crippen LogP contribution in [0.15, 0.2) is 18.2 Å². The van der Waals surface area contributed by atoms with Gasteiger partial charge in [-0.05, 0) is 18.5 Å². The van der Waals surface area contributed by atoms with Gasteiger partial charge in [-0.3, -0.25) is 14.9 Å². The van der Waals surface area contributed by atoms with Crippen molar-refractivity contribution in [1.82, 2.24) is 5.32 Å². The maximum absolute atomic E-state index is 12.1. The van der Waals surface area contributed by atoms with E-state index in [0.717, 1.165) is 6.54 Å². The van der Waals surface area contributed by atoms with Gasteiger partial charge in [-0.1, -0.05) is 13.0 Å². The molecule has 1 fully saturated rings. The molecule has 1 heterocycles. The molecule has 1 amide bonds. The van der Waals surface area contributed by atoms with Gasteiger partial charge in [-0.25, -0.2) is 0 Å². The zero-order valence-corrected chi connectivity index (χ0v) is 10.4. The van der Waals surface area contributed by atoms with Crippen molar-refractivity contribution >= 4 is 17.3 Å². The summed E-state index contributed by atoms with van der Waals surface area (Å²) in [6, 6.07) is 3.91. The number of anilines is 1. The number of nitrogens with one attached hydrogen (secondary N) is 2. The zero-order chi connectivity index (χ0) is 14.0. The van der Waals surface area contributed by atoms with Gasteiger partial charge >= 0.3 is 0 Å². The maximum atomic E-state index is 12.1. The number of benzene rings is 1. The number of para-hydroxylation sites is 1. The van der Waals surface area contributed by atoms with E-state index in [4.69, 9.17) is 0 Å². The average Bonchev–Trinajstić information content (AvgIpc) is 2.77. The van der Waals surface area contributed by atoms with Crippen LogP contribution in [0.3, 0.4) is 0 Å². The van der Waals surface area contributed by atoms with Crippen molar-refractivity contribution in [2.45, 2.75) is 6.92 Å². The number of hydrogen-bond acceptors (Lipinski definition) is 5. The molecule has 0 radical (unpaired) electrons. The van der Waals surface area contributed by atoms with Crippen molar-refractivity contribution < 1.29 is 14.8 Å². The van der Waals surface area contributed by atoms with Crippen LogP contribution in [0.25, 0.3) is 0 Å². The van der Waals surface area contributed by atoms with E-state index in [1.165, 1.54) is 18.2 Å². The molecular formula is C12H15N3O4. The highest BCUT2D eigenvalue weighted by Gasteiger charge is 2.31. The van der Waals surface area contributed by atoms with Crippen LogP contribution in [0.1, 0.15) is 6.92 Å². The highest BCUT2D eigenvalue weighted by Crippen LogP contribution is 2.33. The number of rotatable bonds is 3. The SMILES string of the molecule is C[C@@H]1CNC[C@H]1C(=O)Nc1c(O)cccc1[N+](=O)[O-]. The van der Waals surface area contributed by atoms with Crippen molar-refractivity contribution in [3.63, 3.8) is 0 Å². The Morgan fingerprint density at radius 3 is 2.84 bits per heavy atom. The largest absolute Gasteiger partial charge is 0.505 e. The highest BCUT2D eigenvalue weighted by atomic mass is 16.6. The predicted octanol–water partition coefficient (Wildman–Crippen LogP) is 1.09. The summed E-state index contributed by atoms with van der Waals surface area (Å²) >= 11 is 0. The highest BCUT2D eigenvalue weighted by molar-refractivity contribution is 5.96. The Morgan fingerprint density at radius 2 is 2.26 bits per heavy atom. The van der Waals surface area contributed by atoms with Crippen molar-refractivity contribution in [2.75, 3.05) is 18.4 Å². The predicted molar refractivity (Wildman–Crippen MR) is 68.9 cm³/mol. The first-order valence-electron chi connectivity index (χ1n) is 5.98. The van der Waals surface area contributed by atoms with Crippen LogP contribution in [0.5, 0.6) is 5.75 Å². The smallest absolute Gasteiger partial charge is 0.296 e. The van der Waals surface area contributed by atoms with Gasteiger partial charge in [-0.2, -0.15) is 0 Å². The van der Waals surface area contributed by atoms with E-state index >= 15 is 0 Å². The number of hydrogen-bond donors (Lipinski definition) is 3. The Bertz CT molecular complexity index is 518. The molecule has 0 spiro atoms. The van der Waals surface area contributed by atoms with Crippen molar-refractivity contribution in [3.8, 4) is 5.75 Å². The molecule has 1 saturated heterocycles. The van der Waals surface area contributed by atoms with Crippen LogP contribution < -0.4 is 10.6 Å². The minimum absolute atomic E-state index is 0.142. The average molecular weight is 265 g/mol. The molecule has 0 unspecified atom stereocenters. The number of nitrogens with zero attached hydrogens (tertiary/aromatic N) is 1. The maximum Gasteiger partial charge on any atom is 0.296 e. The Labute approximate surface area is 109 Å². The molecule has 1 aliphatic rings. The number of carbonyl (C=O) groups is 1. The van der Waals surface area contributed by atoms with Gasteiger partial charge < -0.3 is 15.7 Å². The quantitative estimate of drug-likeness (QED) is 0.431. The molecule has 1 aromatic rings. The molecule has 1 aliphatic heterocycles. The summed E-state index contributed by atoms with van der Waals surface area (Å²) in [6.45, 7) is 3.21. The Balaban J connectivity index is 2.23. The third kappa shape index (κ3) is 2.65. The fourth-order valence-electron chi connectivity index (χ4n) is 2.19. The molecule has 7 heteroatoms. The molecule has 0 saturated carbocycles. The second kappa shape index (κ2) is 5.23. The first kappa shape index (κ1) is 13.3. The lowest BCUT2D eigenvalue weighted by Crippen LogP contribution is -2.28. The summed E-state index contributed by atoms with van der Waals surface area (Å²) in [7, 11) is 0.